The van der Waals surface area contributed by atoms with E-state index in [9.17, 15) is 9.59 Å². The van der Waals surface area contributed by atoms with Gasteiger partial charge in [0.15, 0.2) is 5.43 Å². The average Bonchev–Trinajstić information content (AvgIpc) is 2.74. The van der Waals surface area contributed by atoms with Gasteiger partial charge in [0.2, 0.25) is 5.91 Å². The zero-order valence-electron chi connectivity index (χ0n) is 15.3. The molecule has 0 aliphatic heterocycles. The van der Waals surface area contributed by atoms with E-state index in [-0.39, 0.29) is 23.9 Å². The molecule has 140 valence electrons. The fourth-order valence-electron chi connectivity index (χ4n) is 3.50. The lowest BCUT2D eigenvalue weighted by atomic mass is 10.0. The first kappa shape index (κ1) is 17.9. The summed E-state index contributed by atoms with van der Waals surface area (Å²) in [6, 6.07) is 22.7. The van der Waals surface area contributed by atoms with E-state index in [0.29, 0.717) is 11.9 Å². The molecule has 1 aromatic heterocycles. The molecule has 5 heteroatoms. The van der Waals surface area contributed by atoms with E-state index < -0.39 is 0 Å². The normalized spacial score (nSPS) is 12.2. The first-order chi connectivity index (χ1) is 13.7. The Morgan fingerprint density at radius 3 is 2.54 bits per heavy atom. The molecule has 28 heavy (non-hydrogen) atoms. The number of fused-ring (bicyclic) bond motifs is 2. The minimum absolute atomic E-state index is 0.0525. The molecule has 0 fully saturated rings. The Bertz CT molecular complexity index is 1210. The molecule has 4 rings (SSSR count). The monoisotopic (exact) mass is 371 g/mol. The molecule has 0 saturated carbocycles. The summed E-state index contributed by atoms with van der Waals surface area (Å²) < 4.78 is 1.78. The Morgan fingerprint density at radius 2 is 1.71 bits per heavy atom. The van der Waals surface area contributed by atoms with Crippen molar-refractivity contribution in [2.75, 3.05) is 6.54 Å². The molecule has 1 amide bonds. The summed E-state index contributed by atoms with van der Waals surface area (Å²) in [4.78, 5) is 24.7. The second-order valence-corrected chi connectivity index (χ2v) is 6.79. The highest BCUT2D eigenvalue weighted by molar-refractivity contribution is 5.84. The number of para-hydroxylation sites is 1. The van der Waals surface area contributed by atoms with Gasteiger partial charge in [0, 0.05) is 24.2 Å². The maximum atomic E-state index is 12.7. The van der Waals surface area contributed by atoms with Crippen LogP contribution < -0.4 is 16.5 Å². The van der Waals surface area contributed by atoms with Crippen LogP contribution in [0.4, 0.5) is 0 Å². The molecule has 1 heterocycles. The topological polar surface area (TPSA) is 77.1 Å². The van der Waals surface area contributed by atoms with Gasteiger partial charge < -0.3 is 15.6 Å². The predicted octanol–water partition coefficient (Wildman–Crippen LogP) is 2.97. The summed E-state index contributed by atoms with van der Waals surface area (Å²) in [7, 11) is 0. The van der Waals surface area contributed by atoms with Gasteiger partial charge in [-0.25, -0.2) is 0 Å². The summed E-state index contributed by atoms with van der Waals surface area (Å²) >= 11 is 0. The van der Waals surface area contributed by atoms with E-state index in [1.54, 1.807) is 16.8 Å². The lowest BCUT2D eigenvalue weighted by molar-refractivity contribution is -0.122. The van der Waals surface area contributed by atoms with Crippen LogP contribution in [0.5, 0.6) is 0 Å². The van der Waals surface area contributed by atoms with E-state index in [2.05, 4.69) is 17.4 Å². The van der Waals surface area contributed by atoms with Crippen LogP contribution in [0.15, 0.2) is 83.8 Å². The summed E-state index contributed by atoms with van der Waals surface area (Å²) in [5.41, 5.74) is 7.59. The van der Waals surface area contributed by atoms with Gasteiger partial charge >= 0.3 is 0 Å². The Hall–Kier alpha value is -3.44. The molecule has 0 aliphatic carbocycles. The van der Waals surface area contributed by atoms with Gasteiger partial charge in [-0.3, -0.25) is 9.59 Å². The summed E-state index contributed by atoms with van der Waals surface area (Å²) in [6.45, 7) is 0.417. The van der Waals surface area contributed by atoms with Crippen molar-refractivity contribution in [3.05, 3.63) is 94.8 Å². The highest BCUT2D eigenvalue weighted by Gasteiger charge is 2.14. The van der Waals surface area contributed by atoms with Crippen LogP contribution in [0.3, 0.4) is 0 Å². The first-order valence-electron chi connectivity index (χ1n) is 9.22. The Balaban J connectivity index is 1.56. The number of aromatic nitrogens is 1. The van der Waals surface area contributed by atoms with E-state index in [0.717, 1.165) is 21.9 Å². The third-order valence-electron chi connectivity index (χ3n) is 4.95. The highest BCUT2D eigenvalue weighted by atomic mass is 16.2. The first-order valence-corrected chi connectivity index (χ1v) is 9.22. The molecular formula is C23H21N3O2. The van der Waals surface area contributed by atoms with Crippen LogP contribution in [-0.2, 0) is 11.3 Å². The maximum absolute atomic E-state index is 12.7. The molecule has 3 aromatic carbocycles. The van der Waals surface area contributed by atoms with E-state index in [1.807, 2.05) is 48.5 Å². The fourth-order valence-corrected chi connectivity index (χ4v) is 3.50. The van der Waals surface area contributed by atoms with Gasteiger partial charge in [-0.1, -0.05) is 48.5 Å². The van der Waals surface area contributed by atoms with Crippen molar-refractivity contribution in [2.24, 2.45) is 5.73 Å². The van der Waals surface area contributed by atoms with Gasteiger partial charge in [0.05, 0.1) is 11.6 Å². The van der Waals surface area contributed by atoms with Crippen molar-refractivity contribution in [2.45, 2.75) is 12.6 Å². The zero-order chi connectivity index (χ0) is 19.5. The summed E-state index contributed by atoms with van der Waals surface area (Å²) in [5, 5.41) is 5.87. The second-order valence-electron chi connectivity index (χ2n) is 6.79. The molecule has 0 bridgehead atoms. The van der Waals surface area contributed by atoms with Crippen molar-refractivity contribution < 1.29 is 4.79 Å². The smallest absolute Gasteiger partial charge is 0.240 e. The number of nitrogens with two attached hydrogens (primary N) is 1. The predicted molar refractivity (Wildman–Crippen MR) is 112 cm³/mol. The van der Waals surface area contributed by atoms with Crippen LogP contribution in [-0.4, -0.2) is 17.0 Å². The molecule has 4 aromatic rings. The largest absolute Gasteiger partial charge is 0.346 e. The zero-order valence-corrected chi connectivity index (χ0v) is 15.3. The Morgan fingerprint density at radius 1 is 0.964 bits per heavy atom. The SMILES string of the molecule is NCC(NC(=O)Cn1ccc(=O)c2ccccc21)c1ccc2ccccc2c1. The summed E-state index contributed by atoms with van der Waals surface area (Å²) in [6.07, 6.45) is 1.65. The number of rotatable bonds is 5. The van der Waals surface area contributed by atoms with Crippen LogP contribution in [0.25, 0.3) is 21.7 Å². The van der Waals surface area contributed by atoms with Crippen LogP contribution in [0, 0.1) is 0 Å². The van der Waals surface area contributed by atoms with Gasteiger partial charge in [-0.2, -0.15) is 0 Å². The van der Waals surface area contributed by atoms with Crippen molar-refractivity contribution in [3.63, 3.8) is 0 Å². The minimum Gasteiger partial charge on any atom is -0.346 e. The molecular weight excluding hydrogens is 350 g/mol. The van der Waals surface area contributed by atoms with Gasteiger partial charge in [0.25, 0.3) is 0 Å². The number of nitrogens with one attached hydrogen (secondary N) is 1. The molecule has 1 atom stereocenters. The lowest BCUT2D eigenvalue weighted by Gasteiger charge is -2.19. The number of benzene rings is 3. The van der Waals surface area contributed by atoms with Gasteiger partial charge in [-0.15, -0.1) is 0 Å². The fraction of sp³-hybridized carbons (Fsp3) is 0.130. The number of pyridine rings is 1. The van der Waals surface area contributed by atoms with Crippen molar-refractivity contribution in [1.82, 2.24) is 9.88 Å². The minimum atomic E-state index is -0.275. The number of carbonyl (C=O) groups excluding carboxylic acids is 1. The Kier molecular flexibility index (Phi) is 4.91. The lowest BCUT2D eigenvalue weighted by Crippen LogP contribution is -2.35. The van der Waals surface area contributed by atoms with Gasteiger partial charge in [0.1, 0.15) is 6.54 Å². The third kappa shape index (κ3) is 3.52. The number of carbonyl (C=O) groups is 1. The third-order valence-corrected chi connectivity index (χ3v) is 4.95. The molecule has 0 aliphatic rings. The standard InChI is InChI=1S/C23H21N3O2/c24-14-20(18-10-9-16-5-1-2-6-17(16)13-18)25-23(28)15-26-12-11-22(27)19-7-3-4-8-21(19)26/h1-13,20H,14-15,24H2,(H,25,28). The highest BCUT2D eigenvalue weighted by Crippen LogP contribution is 2.20. The van der Waals surface area contributed by atoms with E-state index in [1.165, 1.54) is 6.07 Å². The molecule has 1 unspecified atom stereocenters. The van der Waals surface area contributed by atoms with Crippen LogP contribution in [0.1, 0.15) is 11.6 Å². The second kappa shape index (κ2) is 7.66. The van der Waals surface area contributed by atoms with Crippen LogP contribution >= 0.6 is 0 Å². The van der Waals surface area contributed by atoms with E-state index in [4.69, 9.17) is 5.73 Å². The number of amides is 1. The Labute approximate surface area is 162 Å². The number of nitrogens with zero attached hydrogens (tertiary/aromatic N) is 1. The van der Waals surface area contributed by atoms with Gasteiger partial charge in [-0.05, 0) is 34.5 Å². The quantitative estimate of drug-likeness (QED) is 0.566. The van der Waals surface area contributed by atoms with E-state index >= 15 is 0 Å². The molecule has 3 N–H and O–H groups in total. The average molecular weight is 371 g/mol. The van der Waals surface area contributed by atoms with Crippen molar-refractivity contribution in [3.8, 4) is 0 Å². The maximum Gasteiger partial charge on any atom is 0.240 e. The molecule has 5 nitrogen and oxygen atoms in total. The summed E-state index contributed by atoms with van der Waals surface area (Å²) in [5.74, 6) is -0.155. The molecule has 0 spiro atoms. The number of hydrogen-bond donors (Lipinski definition) is 2. The van der Waals surface area contributed by atoms with Crippen LogP contribution in [0.2, 0.25) is 0 Å². The number of hydrogen-bond acceptors (Lipinski definition) is 3. The van der Waals surface area contributed by atoms with Crippen molar-refractivity contribution >= 4 is 27.6 Å². The van der Waals surface area contributed by atoms with Crippen molar-refractivity contribution in [1.29, 1.82) is 0 Å². The molecule has 0 radical (unpaired) electrons. The molecule has 0 saturated heterocycles.